The van der Waals surface area contributed by atoms with Crippen LogP contribution in [0.5, 0.6) is 17.2 Å². The van der Waals surface area contributed by atoms with Gasteiger partial charge in [-0.1, -0.05) is 36.4 Å². The highest BCUT2D eigenvalue weighted by Crippen LogP contribution is 2.29. The summed E-state index contributed by atoms with van der Waals surface area (Å²) in [6, 6.07) is 23.9. The van der Waals surface area contributed by atoms with Gasteiger partial charge >= 0.3 is 0 Å². The first kappa shape index (κ1) is 23.6. The number of hydrogen-bond acceptors (Lipinski definition) is 7. The minimum absolute atomic E-state index is 0.0489. The Bertz CT molecular complexity index is 1350. The first-order valence-electron chi connectivity index (χ1n) is 10.9. The summed E-state index contributed by atoms with van der Waals surface area (Å²) in [6.45, 7) is 0.775. The molecule has 178 valence electrons. The smallest absolute Gasteiger partial charge is 0.269 e. The fourth-order valence-electron chi connectivity index (χ4n) is 3.65. The van der Waals surface area contributed by atoms with Crippen molar-refractivity contribution in [3.05, 3.63) is 106 Å². The third-order valence-corrected chi connectivity index (χ3v) is 5.49. The summed E-state index contributed by atoms with van der Waals surface area (Å²) in [5, 5.41) is 17.4. The molecule has 0 saturated carbocycles. The lowest BCUT2D eigenvalue weighted by Crippen LogP contribution is -2.07. The molecule has 0 aromatic heterocycles. The van der Waals surface area contributed by atoms with Gasteiger partial charge in [-0.05, 0) is 52.2 Å². The average Bonchev–Trinajstić information content (AvgIpc) is 2.90. The van der Waals surface area contributed by atoms with E-state index >= 15 is 0 Å². The predicted molar refractivity (Wildman–Crippen MR) is 135 cm³/mol. The Labute approximate surface area is 202 Å². The highest BCUT2D eigenvalue weighted by Gasteiger charge is 2.09. The van der Waals surface area contributed by atoms with Gasteiger partial charge in [0.25, 0.3) is 5.69 Å². The number of nitro groups is 1. The third-order valence-electron chi connectivity index (χ3n) is 5.49. The molecular weight excluding hydrogens is 446 g/mol. The number of rotatable bonds is 10. The molecule has 0 radical (unpaired) electrons. The molecule has 0 spiro atoms. The molecule has 0 heterocycles. The van der Waals surface area contributed by atoms with Crippen LogP contribution in [0.25, 0.3) is 10.8 Å². The SMILES string of the molecule is COc1ccc(CN/N=C/c2c(OCc3ccc([N+](=O)[O-])cc3)ccc3ccccc23)cc1OC. The lowest BCUT2D eigenvalue weighted by molar-refractivity contribution is -0.384. The van der Waals surface area contributed by atoms with Gasteiger partial charge in [0, 0.05) is 17.7 Å². The Kier molecular flexibility index (Phi) is 7.42. The van der Waals surface area contributed by atoms with Gasteiger partial charge in [-0.15, -0.1) is 0 Å². The molecule has 0 unspecified atom stereocenters. The molecule has 0 saturated heterocycles. The number of benzene rings is 4. The summed E-state index contributed by atoms with van der Waals surface area (Å²) in [6.07, 6.45) is 1.74. The number of nitrogens with zero attached hydrogens (tertiary/aromatic N) is 2. The standard InChI is InChI=1S/C27H25N3O5/c1-33-26-13-9-20(15-27(26)34-2)16-28-29-17-24-23-6-4-3-5-21(23)10-14-25(24)35-18-19-7-11-22(12-8-19)30(31)32/h3-15,17,28H,16,18H2,1-2H3/b29-17+. The van der Waals surface area contributed by atoms with Gasteiger partial charge < -0.3 is 19.6 Å². The number of nitro benzene ring substituents is 1. The van der Waals surface area contributed by atoms with Gasteiger partial charge in [-0.2, -0.15) is 5.10 Å². The van der Waals surface area contributed by atoms with Crippen molar-refractivity contribution >= 4 is 22.7 Å². The highest BCUT2D eigenvalue weighted by atomic mass is 16.6. The van der Waals surface area contributed by atoms with E-state index in [1.165, 1.54) is 12.1 Å². The van der Waals surface area contributed by atoms with Gasteiger partial charge in [0.15, 0.2) is 11.5 Å². The van der Waals surface area contributed by atoms with E-state index in [1.807, 2.05) is 54.6 Å². The Morgan fingerprint density at radius 3 is 2.34 bits per heavy atom. The highest BCUT2D eigenvalue weighted by molar-refractivity contribution is 6.02. The predicted octanol–water partition coefficient (Wildman–Crippen LogP) is 5.47. The van der Waals surface area contributed by atoms with Gasteiger partial charge in [0.1, 0.15) is 12.4 Å². The zero-order valence-electron chi connectivity index (χ0n) is 19.4. The number of methoxy groups -OCH3 is 2. The normalized spacial score (nSPS) is 10.9. The summed E-state index contributed by atoms with van der Waals surface area (Å²) < 4.78 is 16.7. The van der Waals surface area contributed by atoms with Crippen molar-refractivity contribution in [3.8, 4) is 17.2 Å². The van der Waals surface area contributed by atoms with E-state index in [0.29, 0.717) is 23.8 Å². The second-order valence-electron chi connectivity index (χ2n) is 7.69. The van der Waals surface area contributed by atoms with Crippen LogP contribution in [-0.4, -0.2) is 25.4 Å². The molecule has 4 rings (SSSR count). The van der Waals surface area contributed by atoms with Crippen molar-refractivity contribution in [1.82, 2.24) is 5.43 Å². The van der Waals surface area contributed by atoms with Crippen LogP contribution in [0.1, 0.15) is 16.7 Å². The molecule has 0 amide bonds. The molecule has 8 heteroatoms. The molecule has 0 aliphatic heterocycles. The topological polar surface area (TPSA) is 95.2 Å². The molecule has 0 aliphatic carbocycles. The maximum absolute atomic E-state index is 10.9. The van der Waals surface area contributed by atoms with Gasteiger partial charge in [0.05, 0.1) is 31.9 Å². The van der Waals surface area contributed by atoms with Crippen LogP contribution in [0, 0.1) is 10.1 Å². The quantitative estimate of drug-likeness (QED) is 0.187. The zero-order valence-corrected chi connectivity index (χ0v) is 19.4. The maximum Gasteiger partial charge on any atom is 0.269 e. The van der Waals surface area contributed by atoms with Crippen LogP contribution in [0.3, 0.4) is 0 Å². The molecule has 4 aromatic rings. The Balaban J connectivity index is 1.51. The summed E-state index contributed by atoms with van der Waals surface area (Å²) >= 11 is 0. The second-order valence-corrected chi connectivity index (χ2v) is 7.69. The Morgan fingerprint density at radius 2 is 1.60 bits per heavy atom. The van der Waals surface area contributed by atoms with Crippen LogP contribution < -0.4 is 19.6 Å². The molecule has 0 aliphatic rings. The minimum atomic E-state index is -0.419. The van der Waals surface area contributed by atoms with E-state index in [4.69, 9.17) is 14.2 Å². The van der Waals surface area contributed by atoms with Crippen molar-refractivity contribution in [2.45, 2.75) is 13.2 Å². The summed E-state index contributed by atoms with van der Waals surface area (Å²) in [5.41, 5.74) is 5.79. The van der Waals surface area contributed by atoms with Gasteiger partial charge in [-0.25, -0.2) is 0 Å². The van der Waals surface area contributed by atoms with E-state index < -0.39 is 4.92 Å². The van der Waals surface area contributed by atoms with E-state index in [9.17, 15) is 10.1 Å². The minimum Gasteiger partial charge on any atom is -0.493 e. The largest absolute Gasteiger partial charge is 0.493 e. The van der Waals surface area contributed by atoms with Crippen LogP contribution in [0.2, 0.25) is 0 Å². The second kappa shape index (κ2) is 11.0. The Morgan fingerprint density at radius 1 is 0.886 bits per heavy atom. The van der Waals surface area contributed by atoms with E-state index in [-0.39, 0.29) is 12.3 Å². The Hall–Kier alpha value is -4.59. The van der Waals surface area contributed by atoms with Crippen molar-refractivity contribution in [3.63, 3.8) is 0 Å². The van der Waals surface area contributed by atoms with Gasteiger partial charge in [0.2, 0.25) is 0 Å². The average molecular weight is 472 g/mol. The summed E-state index contributed by atoms with van der Waals surface area (Å²) in [7, 11) is 3.21. The zero-order chi connectivity index (χ0) is 24.6. The number of non-ortho nitro benzene ring substituents is 1. The molecule has 35 heavy (non-hydrogen) atoms. The maximum atomic E-state index is 10.9. The third kappa shape index (κ3) is 5.67. The molecule has 8 nitrogen and oxygen atoms in total. The van der Waals surface area contributed by atoms with Crippen LogP contribution in [-0.2, 0) is 13.2 Å². The lowest BCUT2D eigenvalue weighted by atomic mass is 10.0. The summed E-state index contributed by atoms with van der Waals surface area (Å²) in [5.74, 6) is 2.00. The van der Waals surface area contributed by atoms with Crippen LogP contribution in [0.4, 0.5) is 5.69 Å². The van der Waals surface area contributed by atoms with Crippen LogP contribution >= 0.6 is 0 Å². The van der Waals surface area contributed by atoms with Crippen LogP contribution in [0.15, 0.2) is 84.0 Å². The van der Waals surface area contributed by atoms with Crippen molar-refractivity contribution in [1.29, 1.82) is 0 Å². The van der Waals surface area contributed by atoms with Crippen molar-refractivity contribution < 1.29 is 19.1 Å². The number of fused-ring (bicyclic) bond motifs is 1. The van der Waals surface area contributed by atoms with E-state index in [2.05, 4.69) is 10.5 Å². The van der Waals surface area contributed by atoms with E-state index in [1.54, 1.807) is 32.6 Å². The van der Waals surface area contributed by atoms with Crippen molar-refractivity contribution in [2.24, 2.45) is 5.10 Å². The molecule has 0 atom stereocenters. The lowest BCUT2D eigenvalue weighted by Gasteiger charge is -2.12. The molecular formula is C27H25N3O5. The van der Waals surface area contributed by atoms with Crippen molar-refractivity contribution in [2.75, 3.05) is 14.2 Å². The molecule has 0 fully saturated rings. The molecule has 0 bridgehead atoms. The summed E-state index contributed by atoms with van der Waals surface area (Å²) in [4.78, 5) is 10.5. The number of nitrogens with one attached hydrogen (secondary N) is 1. The first-order valence-corrected chi connectivity index (χ1v) is 10.9. The molecule has 4 aromatic carbocycles. The molecule has 1 N–H and O–H groups in total. The number of hydrogen-bond donors (Lipinski definition) is 1. The number of ether oxygens (including phenoxy) is 3. The van der Waals surface area contributed by atoms with E-state index in [0.717, 1.165) is 27.5 Å². The monoisotopic (exact) mass is 471 g/mol. The fourth-order valence-corrected chi connectivity index (χ4v) is 3.65. The first-order chi connectivity index (χ1) is 17.1. The fraction of sp³-hybridized carbons (Fsp3) is 0.148. The number of hydrazone groups is 1. The van der Waals surface area contributed by atoms with Gasteiger partial charge in [-0.3, -0.25) is 10.1 Å².